The second-order valence-electron chi connectivity index (χ2n) is 2.97. The number of halogens is 1. The van der Waals surface area contributed by atoms with E-state index in [1.54, 1.807) is 0 Å². The molecule has 0 radical (unpaired) electrons. The lowest BCUT2D eigenvalue weighted by Crippen LogP contribution is -2.21. The molecular formula is C9H10FN. The highest BCUT2D eigenvalue weighted by Gasteiger charge is 2.28. The van der Waals surface area contributed by atoms with Crippen LogP contribution in [-0.2, 0) is 6.42 Å². The van der Waals surface area contributed by atoms with Gasteiger partial charge in [0.25, 0.3) is 0 Å². The number of hydrogen-bond donors (Lipinski definition) is 1. The van der Waals surface area contributed by atoms with Crippen molar-refractivity contribution in [2.45, 2.75) is 18.6 Å². The molecular weight excluding hydrogens is 141 g/mol. The molecule has 2 heteroatoms. The maximum absolute atomic E-state index is 13.2. The van der Waals surface area contributed by atoms with E-state index in [4.69, 9.17) is 5.73 Å². The Bertz CT molecular complexity index is 272. The lowest BCUT2D eigenvalue weighted by molar-refractivity contribution is 0.308. The van der Waals surface area contributed by atoms with Crippen molar-refractivity contribution >= 4 is 0 Å². The Balaban J connectivity index is 2.47. The average molecular weight is 151 g/mol. The fourth-order valence-electron chi connectivity index (χ4n) is 1.58. The van der Waals surface area contributed by atoms with Crippen LogP contribution in [0, 0.1) is 0 Å². The fraction of sp³-hybridized carbons (Fsp3) is 0.333. The summed E-state index contributed by atoms with van der Waals surface area (Å²) in [6.07, 6.45) is -0.275. The van der Waals surface area contributed by atoms with Gasteiger partial charge < -0.3 is 5.73 Å². The first kappa shape index (κ1) is 6.80. The Morgan fingerprint density at radius 1 is 1.36 bits per heavy atom. The Labute approximate surface area is 65.0 Å². The molecule has 1 aromatic carbocycles. The Morgan fingerprint density at radius 3 is 2.82 bits per heavy atom. The maximum atomic E-state index is 13.2. The van der Waals surface area contributed by atoms with E-state index < -0.39 is 6.17 Å². The highest BCUT2D eigenvalue weighted by molar-refractivity contribution is 5.35. The van der Waals surface area contributed by atoms with E-state index in [1.807, 2.05) is 24.3 Å². The summed E-state index contributed by atoms with van der Waals surface area (Å²) in [7, 11) is 0. The predicted octanol–water partition coefficient (Wildman–Crippen LogP) is 1.58. The molecule has 0 aromatic heterocycles. The molecule has 2 N–H and O–H groups in total. The Morgan fingerprint density at radius 2 is 2.09 bits per heavy atom. The highest BCUT2D eigenvalue weighted by atomic mass is 19.1. The van der Waals surface area contributed by atoms with Gasteiger partial charge in [-0.25, -0.2) is 4.39 Å². The third-order valence-corrected chi connectivity index (χ3v) is 2.18. The molecule has 11 heavy (non-hydrogen) atoms. The summed E-state index contributed by atoms with van der Waals surface area (Å²) in [6.45, 7) is 0. The quantitative estimate of drug-likeness (QED) is 0.598. The van der Waals surface area contributed by atoms with Gasteiger partial charge in [0.15, 0.2) is 0 Å². The van der Waals surface area contributed by atoms with Crippen molar-refractivity contribution in [3.8, 4) is 0 Å². The van der Waals surface area contributed by atoms with Gasteiger partial charge in [0, 0.05) is 6.04 Å². The first-order valence-electron chi connectivity index (χ1n) is 3.76. The third kappa shape index (κ3) is 0.942. The largest absolute Gasteiger partial charge is 0.325 e. The summed E-state index contributed by atoms with van der Waals surface area (Å²) < 4.78 is 13.2. The molecule has 2 atom stereocenters. The number of hydrogen-bond acceptors (Lipinski definition) is 1. The van der Waals surface area contributed by atoms with Crippen molar-refractivity contribution in [1.82, 2.24) is 0 Å². The topological polar surface area (TPSA) is 26.0 Å². The van der Waals surface area contributed by atoms with Gasteiger partial charge in [0.1, 0.15) is 6.17 Å². The monoisotopic (exact) mass is 151 g/mol. The van der Waals surface area contributed by atoms with Crippen LogP contribution in [0.4, 0.5) is 4.39 Å². The minimum Gasteiger partial charge on any atom is -0.325 e. The van der Waals surface area contributed by atoms with Gasteiger partial charge in [-0.05, 0) is 17.5 Å². The van der Waals surface area contributed by atoms with Crippen LogP contribution in [-0.4, -0.2) is 6.04 Å². The van der Waals surface area contributed by atoms with Gasteiger partial charge >= 0.3 is 0 Å². The number of benzene rings is 1. The molecule has 0 saturated heterocycles. The van der Waals surface area contributed by atoms with Crippen LogP contribution in [0.15, 0.2) is 24.3 Å². The van der Waals surface area contributed by atoms with Crippen LogP contribution in [0.5, 0.6) is 0 Å². The van der Waals surface area contributed by atoms with Crippen molar-refractivity contribution in [3.05, 3.63) is 35.4 Å². The zero-order valence-corrected chi connectivity index (χ0v) is 6.13. The predicted molar refractivity (Wildman–Crippen MR) is 42.0 cm³/mol. The smallest absolute Gasteiger partial charge is 0.141 e. The Kier molecular flexibility index (Phi) is 1.43. The molecule has 0 aliphatic heterocycles. The molecule has 0 amide bonds. The van der Waals surface area contributed by atoms with Gasteiger partial charge in [-0.2, -0.15) is 0 Å². The fourth-order valence-corrected chi connectivity index (χ4v) is 1.58. The molecule has 0 saturated carbocycles. The van der Waals surface area contributed by atoms with Gasteiger partial charge in [0.05, 0.1) is 0 Å². The van der Waals surface area contributed by atoms with Crippen LogP contribution in [0.2, 0.25) is 0 Å². The molecule has 1 aliphatic rings. The summed E-state index contributed by atoms with van der Waals surface area (Å²) in [5.74, 6) is 0. The Hall–Kier alpha value is -0.890. The highest BCUT2D eigenvalue weighted by Crippen LogP contribution is 2.32. The van der Waals surface area contributed by atoms with Crippen molar-refractivity contribution in [2.24, 2.45) is 5.73 Å². The third-order valence-electron chi connectivity index (χ3n) is 2.18. The molecule has 0 heterocycles. The van der Waals surface area contributed by atoms with E-state index in [9.17, 15) is 4.39 Å². The SMILES string of the molecule is NC1Cc2ccccc2C1F. The lowest BCUT2D eigenvalue weighted by atomic mass is 10.1. The van der Waals surface area contributed by atoms with Crippen molar-refractivity contribution in [3.63, 3.8) is 0 Å². The molecule has 1 aromatic rings. The zero-order chi connectivity index (χ0) is 7.84. The van der Waals surface area contributed by atoms with Crippen LogP contribution in [0.25, 0.3) is 0 Å². The van der Waals surface area contributed by atoms with Crippen LogP contribution < -0.4 is 5.73 Å². The first-order valence-corrected chi connectivity index (χ1v) is 3.76. The zero-order valence-electron chi connectivity index (χ0n) is 6.13. The van der Waals surface area contributed by atoms with Crippen LogP contribution in [0.1, 0.15) is 17.3 Å². The van der Waals surface area contributed by atoms with E-state index in [-0.39, 0.29) is 6.04 Å². The minimum atomic E-state index is -0.953. The van der Waals surface area contributed by atoms with Gasteiger partial charge in [-0.15, -0.1) is 0 Å². The van der Waals surface area contributed by atoms with Gasteiger partial charge in [0.2, 0.25) is 0 Å². The molecule has 1 nitrogen and oxygen atoms in total. The maximum Gasteiger partial charge on any atom is 0.141 e. The lowest BCUT2D eigenvalue weighted by Gasteiger charge is -2.04. The molecule has 1 aliphatic carbocycles. The van der Waals surface area contributed by atoms with E-state index in [2.05, 4.69) is 0 Å². The summed E-state index contributed by atoms with van der Waals surface area (Å²) in [6, 6.07) is 7.20. The molecule has 2 unspecified atom stereocenters. The first-order chi connectivity index (χ1) is 5.29. The standard InChI is InChI=1S/C9H10FN/c10-9-7-4-2-1-3-6(7)5-8(9)11/h1-4,8-9H,5,11H2. The van der Waals surface area contributed by atoms with E-state index in [0.717, 1.165) is 11.1 Å². The number of rotatable bonds is 0. The summed E-state index contributed by atoms with van der Waals surface area (Å²) in [5.41, 5.74) is 7.39. The van der Waals surface area contributed by atoms with Crippen molar-refractivity contribution in [2.75, 3.05) is 0 Å². The minimum absolute atomic E-state index is 0.326. The molecule has 58 valence electrons. The summed E-state index contributed by atoms with van der Waals surface area (Å²) >= 11 is 0. The van der Waals surface area contributed by atoms with Crippen LogP contribution in [0.3, 0.4) is 0 Å². The number of fused-ring (bicyclic) bond motifs is 1. The number of nitrogens with two attached hydrogens (primary N) is 1. The molecule has 0 spiro atoms. The average Bonchev–Trinajstić information content (AvgIpc) is 2.30. The van der Waals surface area contributed by atoms with Gasteiger partial charge in [-0.3, -0.25) is 0 Å². The van der Waals surface area contributed by atoms with Gasteiger partial charge in [-0.1, -0.05) is 24.3 Å². The van der Waals surface area contributed by atoms with E-state index in [0.29, 0.717) is 6.42 Å². The second-order valence-corrected chi connectivity index (χ2v) is 2.97. The summed E-state index contributed by atoms with van der Waals surface area (Å²) in [4.78, 5) is 0. The summed E-state index contributed by atoms with van der Waals surface area (Å²) in [5, 5.41) is 0. The van der Waals surface area contributed by atoms with Crippen LogP contribution >= 0.6 is 0 Å². The van der Waals surface area contributed by atoms with E-state index in [1.165, 1.54) is 0 Å². The second kappa shape index (κ2) is 2.31. The number of alkyl halides is 1. The van der Waals surface area contributed by atoms with Crippen molar-refractivity contribution < 1.29 is 4.39 Å². The molecule has 2 rings (SSSR count). The van der Waals surface area contributed by atoms with Crippen molar-refractivity contribution in [1.29, 1.82) is 0 Å². The molecule has 0 fully saturated rings. The normalized spacial score (nSPS) is 28.5. The molecule has 0 bridgehead atoms. The van der Waals surface area contributed by atoms with E-state index >= 15 is 0 Å².